The van der Waals surface area contributed by atoms with Gasteiger partial charge in [-0.3, -0.25) is 4.79 Å². The Balaban J connectivity index is 1.58. The summed E-state index contributed by atoms with van der Waals surface area (Å²) in [7, 11) is 1.55. The molecule has 0 aliphatic heterocycles. The highest BCUT2D eigenvalue weighted by atomic mass is 32.2. The second-order valence-corrected chi connectivity index (χ2v) is 6.94. The van der Waals surface area contributed by atoms with Crippen LogP contribution in [0.2, 0.25) is 0 Å². The highest BCUT2D eigenvalue weighted by Gasteiger charge is 2.10. The number of nitrogens with one attached hydrogen (secondary N) is 2. The molecule has 1 aromatic heterocycles. The van der Waals surface area contributed by atoms with E-state index in [9.17, 15) is 13.6 Å². The number of aromatic nitrogens is 3. The van der Waals surface area contributed by atoms with Gasteiger partial charge in [0.2, 0.25) is 17.8 Å². The molecule has 3 rings (SSSR count). The van der Waals surface area contributed by atoms with E-state index >= 15 is 0 Å². The number of anilines is 4. The highest BCUT2D eigenvalue weighted by Crippen LogP contribution is 2.26. The Morgan fingerprint density at radius 3 is 2.60 bits per heavy atom. The molecule has 0 fully saturated rings. The summed E-state index contributed by atoms with van der Waals surface area (Å²) in [5.41, 5.74) is 6.46. The number of carbonyl (C=O) groups is 1. The monoisotopic (exact) mass is 432 g/mol. The van der Waals surface area contributed by atoms with Gasteiger partial charge in [-0.1, -0.05) is 12.1 Å². The number of hydrogen-bond donors (Lipinski definition) is 3. The molecular weight excluding hydrogens is 414 g/mol. The van der Waals surface area contributed by atoms with Gasteiger partial charge >= 0.3 is 0 Å². The molecule has 1 amide bonds. The van der Waals surface area contributed by atoms with Crippen molar-refractivity contribution >= 4 is 40.9 Å². The second-order valence-electron chi connectivity index (χ2n) is 5.96. The summed E-state index contributed by atoms with van der Waals surface area (Å²) in [5, 5.41) is 5.45. The van der Waals surface area contributed by atoms with Gasteiger partial charge in [0.15, 0.2) is 0 Å². The normalized spacial score (nSPS) is 10.5. The van der Waals surface area contributed by atoms with E-state index in [0.717, 1.165) is 18.2 Å². The number of carbonyl (C=O) groups excluding carboxylic acids is 1. The van der Waals surface area contributed by atoms with Crippen molar-refractivity contribution in [2.75, 3.05) is 29.2 Å². The summed E-state index contributed by atoms with van der Waals surface area (Å²) in [4.78, 5) is 24.4. The smallest absolute Gasteiger partial charge is 0.234 e. The van der Waals surface area contributed by atoms with E-state index in [-0.39, 0.29) is 29.1 Å². The first-order chi connectivity index (χ1) is 14.4. The molecule has 2 aromatic carbocycles. The van der Waals surface area contributed by atoms with Crippen molar-refractivity contribution in [3.8, 4) is 5.75 Å². The van der Waals surface area contributed by atoms with E-state index in [2.05, 4.69) is 25.6 Å². The van der Waals surface area contributed by atoms with E-state index in [1.807, 2.05) is 12.1 Å². The molecule has 0 spiro atoms. The summed E-state index contributed by atoms with van der Waals surface area (Å²) in [5.74, 6) is -0.411. The zero-order chi connectivity index (χ0) is 21.5. The molecule has 0 saturated heterocycles. The van der Waals surface area contributed by atoms with Crippen LogP contribution in [0, 0.1) is 11.6 Å². The minimum atomic E-state index is -0.770. The Kier molecular flexibility index (Phi) is 6.96. The lowest BCUT2D eigenvalue weighted by Crippen LogP contribution is -2.15. The summed E-state index contributed by atoms with van der Waals surface area (Å²) in [6, 6.07) is 10.0. The molecule has 0 atom stereocenters. The molecule has 0 unspecified atom stereocenters. The Hall–Kier alpha value is -3.47. The quantitative estimate of drug-likeness (QED) is 0.496. The molecule has 0 aliphatic carbocycles. The maximum atomic E-state index is 13.2. The van der Waals surface area contributed by atoms with Gasteiger partial charge in [0.05, 0.1) is 24.3 Å². The number of nitrogens with zero attached hydrogens (tertiary/aromatic N) is 3. The van der Waals surface area contributed by atoms with E-state index in [4.69, 9.17) is 10.5 Å². The van der Waals surface area contributed by atoms with Gasteiger partial charge in [0.25, 0.3) is 0 Å². The van der Waals surface area contributed by atoms with Crippen LogP contribution >= 0.6 is 11.8 Å². The van der Waals surface area contributed by atoms with Crippen molar-refractivity contribution in [3.05, 3.63) is 59.9 Å². The van der Waals surface area contributed by atoms with Crippen molar-refractivity contribution in [2.45, 2.75) is 5.75 Å². The summed E-state index contributed by atoms with van der Waals surface area (Å²) >= 11 is 1.21. The largest absolute Gasteiger partial charge is 0.495 e. The fraction of sp³-hybridized carbons (Fsp3) is 0.158. The van der Waals surface area contributed by atoms with Crippen LogP contribution in [0.5, 0.6) is 5.75 Å². The first-order valence-corrected chi connectivity index (χ1v) is 9.82. The predicted octanol–water partition coefficient (Wildman–Crippen LogP) is 3.36. The maximum absolute atomic E-state index is 13.2. The molecule has 1 heterocycles. The SMILES string of the molecule is COc1ccccc1Nc1nc(N)nc(CSCC(=O)Nc2cc(F)cc(F)c2)n1. The number of benzene rings is 2. The number of rotatable bonds is 8. The molecule has 8 nitrogen and oxygen atoms in total. The third kappa shape index (κ3) is 6.01. The van der Waals surface area contributed by atoms with Crippen LogP contribution in [0.15, 0.2) is 42.5 Å². The Morgan fingerprint density at radius 2 is 1.87 bits per heavy atom. The lowest BCUT2D eigenvalue weighted by molar-refractivity contribution is -0.113. The molecular formula is C19H18F2N6O2S. The third-order valence-electron chi connectivity index (χ3n) is 3.66. The number of methoxy groups -OCH3 is 1. The van der Waals surface area contributed by atoms with Crippen molar-refractivity contribution < 1.29 is 18.3 Å². The van der Waals surface area contributed by atoms with Gasteiger partial charge in [0.1, 0.15) is 23.2 Å². The second kappa shape index (κ2) is 9.83. The molecule has 0 aliphatic rings. The first-order valence-electron chi connectivity index (χ1n) is 8.67. The number of ether oxygens (including phenoxy) is 1. The number of nitrogens with two attached hydrogens (primary N) is 1. The van der Waals surface area contributed by atoms with Crippen LogP contribution in [0.25, 0.3) is 0 Å². The molecule has 30 heavy (non-hydrogen) atoms. The number of halogens is 2. The van der Waals surface area contributed by atoms with Crippen LogP contribution in [0.1, 0.15) is 5.82 Å². The molecule has 11 heteroatoms. The number of hydrogen-bond acceptors (Lipinski definition) is 8. The number of nitrogen functional groups attached to an aromatic ring is 1. The molecule has 0 bridgehead atoms. The van der Waals surface area contributed by atoms with Crippen molar-refractivity contribution in [2.24, 2.45) is 0 Å². The van der Waals surface area contributed by atoms with Gasteiger partial charge in [-0.2, -0.15) is 15.0 Å². The zero-order valence-electron chi connectivity index (χ0n) is 15.9. The summed E-state index contributed by atoms with van der Waals surface area (Å²) < 4.78 is 31.6. The molecule has 0 saturated carbocycles. The maximum Gasteiger partial charge on any atom is 0.234 e. The third-order valence-corrected chi connectivity index (χ3v) is 4.59. The van der Waals surface area contributed by atoms with Crippen molar-refractivity contribution in [1.29, 1.82) is 0 Å². The van der Waals surface area contributed by atoms with Crippen LogP contribution in [0.3, 0.4) is 0 Å². The summed E-state index contributed by atoms with van der Waals surface area (Å²) in [6.07, 6.45) is 0. The van der Waals surface area contributed by atoms with E-state index in [1.165, 1.54) is 11.8 Å². The fourth-order valence-electron chi connectivity index (χ4n) is 2.48. The van der Waals surface area contributed by atoms with Crippen LogP contribution in [0.4, 0.5) is 32.1 Å². The average molecular weight is 432 g/mol. The van der Waals surface area contributed by atoms with Crippen LogP contribution < -0.4 is 21.1 Å². The van der Waals surface area contributed by atoms with Crippen LogP contribution in [-0.4, -0.2) is 33.7 Å². The summed E-state index contributed by atoms with van der Waals surface area (Å²) in [6.45, 7) is 0. The van der Waals surface area contributed by atoms with E-state index in [0.29, 0.717) is 17.3 Å². The first kappa shape index (κ1) is 21.2. The Labute approximate surface area is 175 Å². The van der Waals surface area contributed by atoms with Gasteiger partial charge in [-0.25, -0.2) is 8.78 Å². The molecule has 0 radical (unpaired) electrons. The van der Waals surface area contributed by atoms with Gasteiger partial charge < -0.3 is 21.1 Å². The van der Waals surface area contributed by atoms with Gasteiger partial charge in [0, 0.05) is 11.8 Å². The zero-order valence-corrected chi connectivity index (χ0v) is 16.7. The predicted molar refractivity (Wildman–Crippen MR) is 112 cm³/mol. The molecule has 3 aromatic rings. The Bertz CT molecular complexity index is 1030. The number of para-hydroxylation sites is 2. The highest BCUT2D eigenvalue weighted by molar-refractivity contribution is 7.99. The van der Waals surface area contributed by atoms with Gasteiger partial charge in [-0.15, -0.1) is 11.8 Å². The minimum Gasteiger partial charge on any atom is -0.495 e. The van der Waals surface area contributed by atoms with Gasteiger partial charge in [-0.05, 0) is 24.3 Å². The average Bonchev–Trinajstić information content (AvgIpc) is 2.67. The minimum absolute atomic E-state index is 0.0256. The van der Waals surface area contributed by atoms with Crippen molar-refractivity contribution in [1.82, 2.24) is 15.0 Å². The molecule has 4 N–H and O–H groups in total. The van der Waals surface area contributed by atoms with E-state index < -0.39 is 17.5 Å². The Morgan fingerprint density at radius 1 is 1.13 bits per heavy atom. The fourth-order valence-corrected chi connectivity index (χ4v) is 3.16. The number of amides is 1. The standard InChI is InChI=1S/C19H18F2N6O2S/c1-29-15-5-3-2-4-14(15)24-19-26-16(25-18(22)27-19)9-30-10-17(28)23-13-7-11(20)6-12(21)8-13/h2-8H,9-10H2,1H3,(H,23,28)(H3,22,24,25,26,27). The van der Waals surface area contributed by atoms with Crippen LogP contribution in [-0.2, 0) is 10.5 Å². The number of thioether (sulfide) groups is 1. The lowest BCUT2D eigenvalue weighted by atomic mass is 10.3. The topological polar surface area (TPSA) is 115 Å². The van der Waals surface area contributed by atoms with Crippen molar-refractivity contribution in [3.63, 3.8) is 0 Å². The lowest BCUT2D eigenvalue weighted by Gasteiger charge is -2.10. The van der Waals surface area contributed by atoms with E-state index in [1.54, 1.807) is 19.2 Å². The molecule has 156 valence electrons.